The van der Waals surface area contributed by atoms with Gasteiger partial charge in [0.15, 0.2) is 11.7 Å². The Morgan fingerprint density at radius 2 is 1.88 bits per heavy atom. The van der Waals surface area contributed by atoms with Crippen LogP contribution in [0.5, 0.6) is 0 Å². The molecule has 1 atom stereocenters. The summed E-state index contributed by atoms with van der Waals surface area (Å²) >= 11 is 0. The number of nitrogens with zero attached hydrogens (tertiary/aromatic N) is 5. The highest BCUT2D eigenvalue weighted by molar-refractivity contribution is 14.0. The van der Waals surface area contributed by atoms with Crippen molar-refractivity contribution in [1.29, 1.82) is 0 Å². The Bertz CT molecular complexity index is 603. The Kier molecular flexibility index (Phi) is 6.51. The van der Waals surface area contributed by atoms with Crippen molar-refractivity contribution in [3.05, 3.63) is 18.5 Å². The summed E-state index contributed by atoms with van der Waals surface area (Å²) < 4.78 is 12.0. The van der Waals surface area contributed by atoms with E-state index in [1.165, 1.54) is 12.8 Å². The first-order valence-electron chi connectivity index (χ1n) is 9.13. The monoisotopic (exact) mass is 474 g/mol. The van der Waals surface area contributed by atoms with Crippen molar-refractivity contribution in [1.82, 2.24) is 14.9 Å². The van der Waals surface area contributed by atoms with Crippen molar-refractivity contribution in [2.45, 2.75) is 37.6 Å². The number of rotatable bonds is 3. The largest absolute Gasteiger partial charge is 0.370 e. The first kappa shape index (κ1) is 19.6. The summed E-state index contributed by atoms with van der Waals surface area (Å²) in [5.41, 5.74) is 6.19. The van der Waals surface area contributed by atoms with Crippen molar-refractivity contribution < 1.29 is 9.47 Å². The molecule has 3 fully saturated rings. The molecule has 0 amide bonds. The molecule has 1 aromatic rings. The van der Waals surface area contributed by atoms with Crippen LogP contribution in [0.1, 0.15) is 25.7 Å². The first-order valence-corrected chi connectivity index (χ1v) is 9.13. The fourth-order valence-electron chi connectivity index (χ4n) is 3.77. The zero-order valence-electron chi connectivity index (χ0n) is 14.9. The molecule has 1 aromatic heterocycles. The van der Waals surface area contributed by atoms with Crippen LogP contribution in [0.3, 0.4) is 0 Å². The van der Waals surface area contributed by atoms with Gasteiger partial charge in [-0.25, -0.2) is 9.97 Å². The average Bonchev–Trinajstić information content (AvgIpc) is 3.30. The van der Waals surface area contributed by atoms with E-state index in [0.717, 1.165) is 45.0 Å². The lowest BCUT2D eigenvalue weighted by Gasteiger charge is -2.35. The SMILES string of the molecule is I.NC(=NCC1COC2(CCCC2)O1)N1CCN(c2ncccn2)CC1. The molecule has 1 unspecified atom stereocenters. The normalized spacial score (nSPS) is 25.5. The quantitative estimate of drug-likeness (QED) is 0.401. The third kappa shape index (κ3) is 4.37. The van der Waals surface area contributed by atoms with Crippen molar-refractivity contribution >= 4 is 35.9 Å². The van der Waals surface area contributed by atoms with Gasteiger partial charge in [0.25, 0.3) is 0 Å². The molecule has 9 heteroatoms. The van der Waals surface area contributed by atoms with Crippen molar-refractivity contribution in [2.75, 3.05) is 44.2 Å². The predicted molar refractivity (Wildman–Crippen MR) is 110 cm³/mol. The van der Waals surface area contributed by atoms with Gasteiger partial charge < -0.3 is 25.0 Å². The Labute approximate surface area is 171 Å². The number of aromatic nitrogens is 2. The van der Waals surface area contributed by atoms with E-state index >= 15 is 0 Å². The van der Waals surface area contributed by atoms with Crippen molar-refractivity contribution in [3.8, 4) is 0 Å². The Hall–Kier alpha value is -1.20. The van der Waals surface area contributed by atoms with E-state index in [1.807, 2.05) is 6.07 Å². The summed E-state index contributed by atoms with van der Waals surface area (Å²) in [5.74, 6) is 1.04. The lowest BCUT2D eigenvalue weighted by molar-refractivity contribution is -0.160. The van der Waals surface area contributed by atoms with Gasteiger partial charge in [-0.2, -0.15) is 0 Å². The molecule has 26 heavy (non-hydrogen) atoms. The molecule has 2 aliphatic heterocycles. The average molecular weight is 474 g/mol. The third-order valence-corrected chi connectivity index (χ3v) is 5.17. The second-order valence-corrected chi connectivity index (χ2v) is 6.89. The van der Waals surface area contributed by atoms with Gasteiger partial charge in [-0.15, -0.1) is 24.0 Å². The number of halogens is 1. The van der Waals surface area contributed by atoms with Gasteiger partial charge in [-0.05, 0) is 18.9 Å². The zero-order chi connectivity index (χ0) is 17.1. The summed E-state index contributed by atoms with van der Waals surface area (Å²) in [4.78, 5) is 17.4. The summed E-state index contributed by atoms with van der Waals surface area (Å²) in [5, 5.41) is 0. The van der Waals surface area contributed by atoms with Crippen LogP contribution in [0.4, 0.5) is 5.95 Å². The molecule has 0 radical (unpaired) electrons. The minimum Gasteiger partial charge on any atom is -0.370 e. The van der Waals surface area contributed by atoms with Crippen molar-refractivity contribution in [2.24, 2.45) is 10.7 Å². The standard InChI is InChI=1S/C17H26N6O2.HI/c18-15(21-12-14-13-24-17(25-14)4-1-2-5-17)22-8-10-23(11-9-22)16-19-6-3-7-20-16;/h3,6-7,14H,1-2,4-5,8-13H2,(H2,18,21);1H. The van der Waals surface area contributed by atoms with Crippen LogP contribution in [0.25, 0.3) is 0 Å². The maximum Gasteiger partial charge on any atom is 0.225 e. The molecule has 2 N–H and O–H groups in total. The number of ether oxygens (including phenoxy) is 2. The summed E-state index contributed by atoms with van der Waals surface area (Å²) in [6.45, 7) is 4.50. The molecule has 0 aromatic carbocycles. The minimum absolute atomic E-state index is 0. The molecular weight excluding hydrogens is 447 g/mol. The highest BCUT2D eigenvalue weighted by Gasteiger charge is 2.43. The highest BCUT2D eigenvalue weighted by Crippen LogP contribution is 2.39. The molecule has 8 nitrogen and oxygen atoms in total. The van der Waals surface area contributed by atoms with E-state index in [0.29, 0.717) is 19.1 Å². The van der Waals surface area contributed by atoms with Gasteiger partial charge in [0.1, 0.15) is 6.10 Å². The van der Waals surface area contributed by atoms with Crippen LogP contribution in [-0.2, 0) is 9.47 Å². The number of anilines is 1. The smallest absolute Gasteiger partial charge is 0.225 e. The van der Waals surface area contributed by atoms with E-state index < -0.39 is 0 Å². The first-order chi connectivity index (χ1) is 12.2. The highest BCUT2D eigenvalue weighted by atomic mass is 127. The zero-order valence-corrected chi connectivity index (χ0v) is 17.2. The van der Waals surface area contributed by atoms with Gasteiger partial charge in [0.05, 0.1) is 13.2 Å². The maximum atomic E-state index is 6.19. The van der Waals surface area contributed by atoms with E-state index in [4.69, 9.17) is 15.2 Å². The van der Waals surface area contributed by atoms with Crippen LogP contribution in [-0.4, -0.2) is 72.0 Å². The van der Waals surface area contributed by atoms with Gasteiger partial charge in [0, 0.05) is 51.4 Å². The molecular formula is C17H27IN6O2. The van der Waals surface area contributed by atoms with E-state index in [-0.39, 0.29) is 35.9 Å². The van der Waals surface area contributed by atoms with E-state index in [2.05, 4.69) is 24.8 Å². The van der Waals surface area contributed by atoms with Gasteiger partial charge in [-0.3, -0.25) is 4.99 Å². The second-order valence-electron chi connectivity index (χ2n) is 6.89. The summed E-state index contributed by atoms with van der Waals surface area (Å²) in [6, 6.07) is 1.83. The van der Waals surface area contributed by atoms with E-state index in [9.17, 15) is 0 Å². The van der Waals surface area contributed by atoms with E-state index in [1.54, 1.807) is 12.4 Å². The summed E-state index contributed by atoms with van der Waals surface area (Å²) in [7, 11) is 0. The number of guanidine groups is 1. The molecule has 2 saturated heterocycles. The van der Waals surface area contributed by atoms with Crippen LogP contribution in [0, 0.1) is 0 Å². The van der Waals surface area contributed by atoms with Crippen LogP contribution >= 0.6 is 24.0 Å². The number of nitrogens with two attached hydrogens (primary N) is 1. The number of aliphatic imine (C=N–C) groups is 1. The fraction of sp³-hybridized carbons (Fsp3) is 0.706. The number of hydrogen-bond acceptors (Lipinski definition) is 6. The summed E-state index contributed by atoms with van der Waals surface area (Å²) in [6.07, 6.45) is 7.95. The lowest BCUT2D eigenvalue weighted by Crippen LogP contribution is -2.51. The number of piperazine rings is 1. The lowest BCUT2D eigenvalue weighted by atomic mass is 10.2. The van der Waals surface area contributed by atoms with Crippen LogP contribution in [0.2, 0.25) is 0 Å². The van der Waals surface area contributed by atoms with Gasteiger partial charge in [-0.1, -0.05) is 0 Å². The molecule has 1 spiro atoms. The molecule has 1 aliphatic carbocycles. The topological polar surface area (TPSA) is 89.1 Å². The molecule has 0 bridgehead atoms. The third-order valence-electron chi connectivity index (χ3n) is 5.17. The molecule has 3 heterocycles. The fourth-order valence-corrected chi connectivity index (χ4v) is 3.77. The van der Waals surface area contributed by atoms with Gasteiger partial charge >= 0.3 is 0 Å². The maximum absolute atomic E-state index is 6.19. The Morgan fingerprint density at radius 3 is 2.58 bits per heavy atom. The van der Waals surface area contributed by atoms with Crippen molar-refractivity contribution in [3.63, 3.8) is 0 Å². The van der Waals surface area contributed by atoms with Gasteiger partial charge in [0.2, 0.25) is 5.95 Å². The number of hydrogen-bond donors (Lipinski definition) is 1. The molecule has 1 saturated carbocycles. The molecule has 3 aliphatic rings. The molecule has 4 rings (SSSR count). The Balaban J connectivity index is 0.00000196. The molecule has 144 valence electrons. The van der Waals surface area contributed by atoms with Crippen LogP contribution < -0.4 is 10.6 Å². The second kappa shape index (κ2) is 8.66. The Morgan fingerprint density at radius 1 is 1.19 bits per heavy atom. The van der Waals surface area contributed by atoms with Crippen LogP contribution in [0.15, 0.2) is 23.5 Å². The minimum atomic E-state index is -0.323. The predicted octanol–water partition coefficient (Wildman–Crippen LogP) is 1.22.